The molecule has 0 unspecified atom stereocenters. The van der Waals surface area contributed by atoms with Crippen molar-refractivity contribution in [3.63, 3.8) is 0 Å². The molecule has 0 aliphatic heterocycles. The second kappa shape index (κ2) is 7.12. The number of carbonyl (C=O) groups excluding carboxylic acids is 1. The molecule has 0 saturated heterocycles. The van der Waals surface area contributed by atoms with Gasteiger partial charge in [0, 0.05) is 31.4 Å². The largest absolute Gasteiger partial charge is 0.381 e. The quantitative estimate of drug-likeness (QED) is 0.453. The number of nitro groups is 1. The number of ether oxygens (including phenoxy) is 1. The average Bonchev–Trinajstić information content (AvgIpc) is 3.26. The number of nitro benzene ring substituents is 1. The molecule has 1 aliphatic rings. The lowest BCUT2D eigenvalue weighted by molar-refractivity contribution is -0.387. The van der Waals surface area contributed by atoms with Gasteiger partial charge in [0.2, 0.25) is 5.82 Å². The average molecular weight is 296 g/mol. The third kappa shape index (κ3) is 4.78. The molecule has 0 spiro atoms. The van der Waals surface area contributed by atoms with Crippen LogP contribution in [0.3, 0.4) is 0 Å². The number of rotatable bonds is 8. The molecule has 1 fully saturated rings. The van der Waals surface area contributed by atoms with Gasteiger partial charge in [-0.15, -0.1) is 0 Å². The van der Waals surface area contributed by atoms with E-state index in [2.05, 4.69) is 5.32 Å². The van der Waals surface area contributed by atoms with Crippen molar-refractivity contribution < 1.29 is 18.8 Å². The summed E-state index contributed by atoms with van der Waals surface area (Å²) in [6.45, 7) is 1.77. The molecule has 7 heteroatoms. The lowest BCUT2D eigenvalue weighted by Crippen LogP contribution is -2.25. The van der Waals surface area contributed by atoms with E-state index in [0.717, 1.165) is 18.7 Å². The molecular formula is C14H17FN2O4. The Morgan fingerprint density at radius 2 is 2.24 bits per heavy atom. The van der Waals surface area contributed by atoms with Crippen LogP contribution in [0.15, 0.2) is 18.2 Å². The van der Waals surface area contributed by atoms with Gasteiger partial charge in [0.25, 0.3) is 5.91 Å². The fraction of sp³-hybridized carbons (Fsp3) is 0.500. The Hall–Kier alpha value is -2.02. The normalized spacial score (nSPS) is 14.0. The molecule has 1 aromatic rings. The second-order valence-electron chi connectivity index (χ2n) is 5.05. The van der Waals surface area contributed by atoms with E-state index in [1.807, 2.05) is 0 Å². The van der Waals surface area contributed by atoms with E-state index in [0.29, 0.717) is 25.5 Å². The van der Waals surface area contributed by atoms with Gasteiger partial charge in [-0.3, -0.25) is 14.9 Å². The van der Waals surface area contributed by atoms with Crippen molar-refractivity contribution in [2.75, 3.05) is 19.8 Å². The molecular weight excluding hydrogens is 279 g/mol. The Balaban J connectivity index is 1.72. The molecule has 6 nitrogen and oxygen atoms in total. The van der Waals surface area contributed by atoms with Gasteiger partial charge in [0.1, 0.15) is 0 Å². The van der Waals surface area contributed by atoms with Gasteiger partial charge < -0.3 is 10.1 Å². The minimum absolute atomic E-state index is 0.0667. The minimum Gasteiger partial charge on any atom is -0.381 e. The molecule has 114 valence electrons. The van der Waals surface area contributed by atoms with Crippen molar-refractivity contribution in [1.82, 2.24) is 5.32 Å². The highest BCUT2D eigenvalue weighted by Gasteiger charge is 2.21. The number of hydrogen-bond donors (Lipinski definition) is 1. The number of halogens is 1. The number of carbonyl (C=O) groups is 1. The van der Waals surface area contributed by atoms with Crippen molar-refractivity contribution in [3.8, 4) is 0 Å². The van der Waals surface area contributed by atoms with Gasteiger partial charge >= 0.3 is 5.69 Å². The van der Waals surface area contributed by atoms with Crippen molar-refractivity contribution >= 4 is 11.6 Å². The molecule has 0 aromatic heterocycles. The summed E-state index contributed by atoms with van der Waals surface area (Å²) in [6, 6.07) is 3.10. The molecule has 1 N–H and O–H groups in total. The van der Waals surface area contributed by atoms with Crippen LogP contribution < -0.4 is 5.32 Å². The van der Waals surface area contributed by atoms with Crippen LogP contribution in [0, 0.1) is 21.8 Å². The van der Waals surface area contributed by atoms with Gasteiger partial charge in [-0.05, 0) is 37.3 Å². The van der Waals surface area contributed by atoms with Gasteiger partial charge in [-0.1, -0.05) is 0 Å². The lowest BCUT2D eigenvalue weighted by Gasteiger charge is -2.06. The van der Waals surface area contributed by atoms with Gasteiger partial charge in [-0.25, -0.2) is 0 Å². The van der Waals surface area contributed by atoms with Crippen LogP contribution in [-0.2, 0) is 4.74 Å². The summed E-state index contributed by atoms with van der Waals surface area (Å²) in [4.78, 5) is 21.4. The van der Waals surface area contributed by atoms with Crippen LogP contribution in [0.1, 0.15) is 29.6 Å². The zero-order chi connectivity index (χ0) is 15.2. The molecule has 0 atom stereocenters. The van der Waals surface area contributed by atoms with Crippen LogP contribution in [0.2, 0.25) is 0 Å². The van der Waals surface area contributed by atoms with Crippen molar-refractivity contribution in [2.24, 2.45) is 5.92 Å². The predicted octanol–water partition coefficient (Wildman–Crippen LogP) is 2.28. The highest BCUT2D eigenvalue weighted by Crippen LogP contribution is 2.28. The Labute approximate surface area is 121 Å². The first-order valence-corrected chi connectivity index (χ1v) is 6.88. The van der Waals surface area contributed by atoms with Gasteiger partial charge in [-0.2, -0.15) is 4.39 Å². The maximum atomic E-state index is 13.4. The van der Waals surface area contributed by atoms with Crippen LogP contribution in [0.25, 0.3) is 0 Å². The third-order valence-electron chi connectivity index (χ3n) is 3.21. The molecule has 0 radical (unpaired) electrons. The lowest BCUT2D eigenvalue weighted by atomic mass is 10.2. The number of amides is 1. The maximum Gasteiger partial charge on any atom is 0.304 e. The summed E-state index contributed by atoms with van der Waals surface area (Å²) < 4.78 is 18.8. The molecule has 21 heavy (non-hydrogen) atoms. The fourth-order valence-electron chi connectivity index (χ4n) is 1.81. The summed E-state index contributed by atoms with van der Waals surface area (Å²) in [5.41, 5.74) is -0.572. The standard InChI is InChI=1S/C14H17FN2O4/c15-12-8-11(4-5-13(12)17(19)20)14(18)16-6-1-7-21-9-10-2-3-10/h4-5,8,10H,1-3,6-7,9H2,(H,16,18). The fourth-order valence-corrected chi connectivity index (χ4v) is 1.81. The van der Waals surface area contributed by atoms with Crippen LogP contribution in [0.4, 0.5) is 10.1 Å². The summed E-state index contributed by atoms with van der Waals surface area (Å²) in [7, 11) is 0. The first kappa shape index (κ1) is 15.4. The van der Waals surface area contributed by atoms with Crippen LogP contribution in [-0.4, -0.2) is 30.6 Å². The van der Waals surface area contributed by atoms with E-state index in [1.165, 1.54) is 18.9 Å². The topological polar surface area (TPSA) is 81.5 Å². The van der Waals surface area contributed by atoms with E-state index >= 15 is 0 Å². The highest BCUT2D eigenvalue weighted by atomic mass is 19.1. The van der Waals surface area contributed by atoms with E-state index in [9.17, 15) is 19.3 Å². The summed E-state index contributed by atoms with van der Waals surface area (Å²) in [6.07, 6.45) is 3.15. The van der Waals surface area contributed by atoms with Crippen molar-refractivity contribution in [3.05, 3.63) is 39.7 Å². The molecule has 1 aromatic carbocycles. The maximum absolute atomic E-state index is 13.4. The highest BCUT2D eigenvalue weighted by molar-refractivity contribution is 5.94. The Morgan fingerprint density at radius 3 is 2.86 bits per heavy atom. The van der Waals surface area contributed by atoms with Crippen molar-refractivity contribution in [2.45, 2.75) is 19.3 Å². The van der Waals surface area contributed by atoms with Crippen molar-refractivity contribution in [1.29, 1.82) is 0 Å². The van der Waals surface area contributed by atoms with Crippen LogP contribution in [0.5, 0.6) is 0 Å². The third-order valence-corrected chi connectivity index (χ3v) is 3.21. The summed E-state index contributed by atoms with van der Waals surface area (Å²) >= 11 is 0. The van der Waals surface area contributed by atoms with Crippen LogP contribution >= 0.6 is 0 Å². The zero-order valence-corrected chi connectivity index (χ0v) is 11.5. The molecule has 0 heterocycles. The Morgan fingerprint density at radius 1 is 1.48 bits per heavy atom. The van der Waals surface area contributed by atoms with Gasteiger partial charge in [0.05, 0.1) is 4.92 Å². The first-order valence-electron chi connectivity index (χ1n) is 6.88. The molecule has 1 amide bonds. The minimum atomic E-state index is -1.01. The Bertz CT molecular complexity index is 532. The number of nitrogens with zero attached hydrogens (tertiary/aromatic N) is 1. The predicted molar refractivity (Wildman–Crippen MR) is 73.5 cm³/mol. The Kier molecular flexibility index (Phi) is 5.21. The summed E-state index contributed by atoms with van der Waals surface area (Å²) in [5, 5.41) is 13.1. The monoisotopic (exact) mass is 296 g/mol. The van der Waals surface area contributed by atoms with Gasteiger partial charge in [0.15, 0.2) is 0 Å². The number of nitrogens with one attached hydrogen (secondary N) is 1. The molecule has 0 bridgehead atoms. The SMILES string of the molecule is O=C(NCCCOCC1CC1)c1ccc([N+](=O)[O-])c(F)c1. The number of hydrogen-bond acceptors (Lipinski definition) is 4. The first-order chi connectivity index (χ1) is 10.1. The van der Waals surface area contributed by atoms with E-state index < -0.39 is 22.3 Å². The van der Waals surface area contributed by atoms with E-state index in [-0.39, 0.29) is 5.56 Å². The molecule has 1 aliphatic carbocycles. The van der Waals surface area contributed by atoms with E-state index in [1.54, 1.807) is 0 Å². The zero-order valence-electron chi connectivity index (χ0n) is 11.5. The molecule has 2 rings (SSSR count). The second-order valence-corrected chi connectivity index (χ2v) is 5.05. The van der Waals surface area contributed by atoms with E-state index in [4.69, 9.17) is 4.74 Å². The summed E-state index contributed by atoms with van der Waals surface area (Å²) in [5.74, 6) is -0.755. The molecule has 1 saturated carbocycles. The number of benzene rings is 1. The smallest absolute Gasteiger partial charge is 0.304 e.